The number of allylic oxidation sites excluding steroid dienone is 8. The summed E-state index contributed by atoms with van der Waals surface area (Å²) in [6, 6.07) is 14.5. The van der Waals surface area contributed by atoms with Crippen molar-refractivity contribution in [2.75, 3.05) is 39.5 Å². The number of carbonyl (C=O) groups is 4. The predicted octanol–water partition coefficient (Wildman–Crippen LogP) is 1.38. The van der Waals surface area contributed by atoms with Gasteiger partial charge >= 0.3 is 23.1 Å². The van der Waals surface area contributed by atoms with Gasteiger partial charge in [0.25, 0.3) is 0 Å². The molecule has 2 unspecified atom stereocenters. The smallest absolute Gasteiger partial charge is 0.547 e. The molecule has 2 N–H and O–H groups in total. The zero-order valence-corrected chi connectivity index (χ0v) is 33.6. The van der Waals surface area contributed by atoms with Gasteiger partial charge in [0.05, 0.1) is 25.0 Å². The minimum absolute atomic E-state index is 0. The molecular weight excluding hydrogens is 745 g/mol. The maximum Gasteiger partial charge on any atom is 2.00 e. The van der Waals surface area contributed by atoms with Crippen molar-refractivity contribution < 1.29 is 48.3 Å². The number of carboxylic acids is 2. The number of carboxylic acid groups (broad SMARTS) is 2. The van der Waals surface area contributed by atoms with Crippen LogP contribution in [-0.2, 0) is 41.5 Å². The van der Waals surface area contributed by atoms with Gasteiger partial charge in [-0.1, -0.05) is 48.6 Å². The average molecular weight is 791 g/mol. The molecule has 2 atom stereocenters. The molecular formula is C42H46MgN4O10. The van der Waals surface area contributed by atoms with Gasteiger partial charge in [-0.2, -0.15) is 0 Å². The molecule has 0 fully saturated rings. The summed E-state index contributed by atoms with van der Waals surface area (Å²) < 4.78 is 21.8. The standard InChI is InChI=1S/2C21H24N2O5.Mg/c2*1-2-27-20(21(25)26)12-15-6-8-17(9-7-15)28-11-10-23-14-16-4-3-5-19(24)18(16)13-22-23;/h2*3-4,6-9,13-14,20,22H,2,5,10-12H2,1H3,(H,25,26);/q;;+2/p-2. The van der Waals surface area contributed by atoms with Gasteiger partial charge in [-0.3, -0.25) is 19.6 Å². The van der Waals surface area contributed by atoms with E-state index in [9.17, 15) is 29.4 Å². The second-order valence-corrected chi connectivity index (χ2v) is 12.9. The molecule has 0 spiro atoms. The molecule has 2 aromatic carbocycles. The first-order chi connectivity index (χ1) is 27.1. The van der Waals surface area contributed by atoms with Gasteiger partial charge in [0.15, 0.2) is 11.6 Å². The third kappa shape index (κ3) is 13.4. The zero-order valence-electron chi connectivity index (χ0n) is 32.1. The van der Waals surface area contributed by atoms with E-state index >= 15 is 0 Å². The van der Waals surface area contributed by atoms with E-state index in [4.69, 9.17) is 18.9 Å². The number of nitrogens with one attached hydrogen (secondary N) is 2. The normalized spacial score (nSPS) is 16.3. The molecule has 57 heavy (non-hydrogen) atoms. The van der Waals surface area contributed by atoms with Gasteiger partial charge in [-0.15, -0.1) is 0 Å². The molecule has 0 bridgehead atoms. The van der Waals surface area contributed by atoms with Crippen LogP contribution < -0.4 is 30.5 Å². The van der Waals surface area contributed by atoms with Crippen molar-refractivity contribution >= 4 is 46.6 Å². The van der Waals surface area contributed by atoms with Gasteiger partial charge in [0.2, 0.25) is 0 Å². The van der Waals surface area contributed by atoms with E-state index in [1.54, 1.807) is 50.5 Å². The monoisotopic (exact) mass is 790 g/mol. The van der Waals surface area contributed by atoms with Crippen LogP contribution in [0.25, 0.3) is 0 Å². The van der Waals surface area contributed by atoms with Crippen LogP contribution in [0.2, 0.25) is 0 Å². The number of hydrogen-bond donors (Lipinski definition) is 2. The van der Waals surface area contributed by atoms with E-state index in [2.05, 4.69) is 10.9 Å². The van der Waals surface area contributed by atoms with E-state index < -0.39 is 24.1 Å². The SMILES string of the molecule is CCOC(Cc1ccc(OCCN2C=C3C=CCC(=O)C3=CN2)cc1)C(=O)[O-].CCOC(Cc1ccc(OCCN2C=C3C=CCC(=O)C3=CN2)cc1)C(=O)[O-].[Mg+2]. The Bertz CT molecular complexity index is 1770. The maximum absolute atomic E-state index is 11.8. The number of hydrogen-bond acceptors (Lipinski definition) is 14. The second kappa shape index (κ2) is 22.4. The topological polar surface area (TPSA) is 182 Å². The Balaban J connectivity index is 0.000000248. The van der Waals surface area contributed by atoms with Crippen LogP contribution in [-0.4, -0.2) is 108 Å². The van der Waals surface area contributed by atoms with Crippen LogP contribution in [0.15, 0.2) is 120 Å². The van der Waals surface area contributed by atoms with E-state index in [1.807, 2.05) is 71.0 Å². The molecule has 14 nitrogen and oxygen atoms in total. The average Bonchev–Trinajstić information content (AvgIpc) is 3.19. The molecule has 6 rings (SSSR count). The summed E-state index contributed by atoms with van der Waals surface area (Å²) in [5, 5.41) is 25.8. The third-order valence-corrected chi connectivity index (χ3v) is 8.92. The number of rotatable bonds is 18. The fourth-order valence-electron chi connectivity index (χ4n) is 6.04. The molecule has 0 amide bonds. The summed E-state index contributed by atoms with van der Waals surface area (Å²) in [5.74, 6) is -0.809. The summed E-state index contributed by atoms with van der Waals surface area (Å²) in [6.45, 7) is 6.21. The summed E-state index contributed by atoms with van der Waals surface area (Å²) in [7, 11) is 0. The fraction of sp³-hybridized carbons (Fsp3) is 0.333. The first-order valence-corrected chi connectivity index (χ1v) is 18.5. The molecule has 4 aliphatic rings. The third-order valence-electron chi connectivity index (χ3n) is 8.92. The van der Waals surface area contributed by atoms with Crippen molar-refractivity contribution in [2.45, 2.75) is 51.7 Å². The quantitative estimate of drug-likeness (QED) is 0.207. The Morgan fingerprint density at radius 1 is 0.667 bits per heavy atom. The molecule has 296 valence electrons. The number of ether oxygens (including phenoxy) is 4. The maximum atomic E-state index is 11.8. The van der Waals surface area contributed by atoms with Crippen LogP contribution in [0.3, 0.4) is 0 Å². The van der Waals surface area contributed by atoms with E-state index in [1.165, 1.54) is 0 Å². The Morgan fingerprint density at radius 3 is 1.40 bits per heavy atom. The number of hydrazine groups is 2. The molecule has 0 radical (unpaired) electrons. The van der Waals surface area contributed by atoms with Crippen LogP contribution >= 0.6 is 0 Å². The van der Waals surface area contributed by atoms with Crippen molar-refractivity contribution in [3.8, 4) is 11.5 Å². The van der Waals surface area contributed by atoms with Gasteiger partial charge in [0.1, 0.15) is 36.9 Å². The van der Waals surface area contributed by atoms with Crippen LogP contribution in [0.5, 0.6) is 11.5 Å². The van der Waals surface area contributed by atoms with Gasteiger partial charge in [0, 0.05) is 86.0 Å². The van der Waals surface area contributed by atoms with Crippen LogP contribution in [0.4, 0.5) is 0 Å². The summed E-state index contributed by atoms with van der Waals surface area (Å²) in [4.78, 5) is 45.7. The Hall–Kier alpha value is -5.35. The van der Waals surface area contributed by atoms with Crippen molar-refractivity contribution in [2.24, 2.45) is 0 Å². The van der Waals surface area contributed by atoms with Crippen molar-refractivity contribution in [1.29, 1.82) is 0 Å². The molecule has 2 aliphatic heterocycles. The first-order valence-electron chi connectivity index (χ1n) is 18.5. The van der Waals surface area contributed by atoms with Gasteiger partial charge in [-0.25, -0.2) is 0 Å². The molecule has 2 aromatic rings. The van der Waals surface area contributed by atoms with Crippen molar-refractivity contribution in [3.05, 3.63) is 131 Å². The predicted molar refractivity (Wildman–Crippen MR) is 207 cm³/mol. The Kier molecular flexibility index (Phi) is 17.4. The second-order valence-electron chi connectivity index (χ2n) is 12.9. The fourth-order valence-corrected chi connectivity index (χ4v) is 6.04. The van der Waals surface area contributed by atoms with E-state index in [-0.39, 0.29) is 47.5 Å². The van der Waals surface area contributed by atoms with Crippen molar-refractivity contribution in [1.82, 2.24) is 20.9 Å². The molecule has 2 heterocycles. The summed E-state index contributed by atoms with van der Waals surface area (Å²) >= 11 is 0. The number of aliphatic carboxylic acids is 2. The summed E-state index contributed by atoms with van der Waals surface area (Å²) in [6.07, 6.45) is 14.3. The van der Waals surface area contributed by atoms with Gasteiger partial charge < -0.3 is 49.6 Å². The summed E-state index contributed by atoms with van der Waals surface area (Å²) in [5.41, 5.74) is 11.0. The Morgan fingerprint density at radius 2 is 1.05 bits per heavy atom. The number of ketones is 2. The van der Waals surface area contributed by atoms with E-state index in [0.29, 0.717) is 75.0 Å². The molecule has 15 heteroatoms. The van der Waals surface area contributed by atoms with Crippen molar-refractivity contribution in [3.63, 3.8) is 0 Å². The molecule has 2 aliphatic carbocycles. The largest absolute Gasteiger partial charge is 2.00 e. The molecule has 0 saturated carbocycles. The number of Topliss-reactive ketones (excluding diaryl/α,β-unsaturated/α-hetero) is 2. The minimum Gasteiger partial charge on any atom is -0.547 e. The van der Waals surface area contributed by atoms with Crippen LogP contribution in [0.1, 0.15) is 37.8 Å². The van der Waals surface area contributed by atoms with Gasteiger partial charge in [-0.05, 0) is 49.2 Å². The van der Waals surface area contributed by atoms with Crippen LogP contribution in [0, 0.1) is 0 Å². The zero-order chi connectivity index (χ0) is 39.9. The molecule has 0 aromatic heterocycles. The molecule has 0 saturated heterocycles. The number of benzene rings is 2. The number of fused-ring (bicyclic) bond motifs is 2. The first kappa shape index (κ1) is 44.4. The number of carbonyl (C=O) groups excluding carboxylic acids is 4. The Labute approximate surface area is 348 Å². The number of nitrogens with zero attached hydrogens (tertiary/aromatic N) is 2. The minimum atomic E-state index is -1.21. The van der Waals surface area contributed by atoms with E-state index in [0.717, 1.165) is 22.3 Å².